The van der Waals surface area contributed by atoms with E-state index in [4.69, 9.17) is 0 Å². The monoisotopic (exact) mass is 252 g/mol. The Labute approximate surface area is 141 Å². The minimum atomic E-state index is -0.194. The Kier molecular flexibility index (Phi) is 4.35. The summed E-state index contributed by atoms with van der Waals surface area (Å²) in [4.78, 5) is 0. The molecule has 0 aliphatic rings. The minimum Gasteiger partial charge on any atom is -0.269 e. The van der Waals surface area contributed by atoms with E-state index >= 15 is 0 Å². The van der Waals surface area contributed by atoms with Crippen LogP contribution in [-0.2, 0) is 0 Å². The average molecular weight is 252 g/mol. The zero-order valence-electron chi connectivity index (χ0n) is 8.46. The fourth-order valence-electron chi connectivity index (χ4n) is 1.62. The molecule has 0 aromatic carbocycles. The van der Waals surface area contributed by atoms with Crippen molar-refractivity contribution in [2.45, 2.75) is 0 Å². The molecule has 0 spiro atoms. The van der Waals surface area contributed by atoms with Gasteiger partial charge in [0, 0.05) is 37.2 Å². The largest absolute Gasteiger partial charge is 0.568 e. The Hall–Kier alpha value is -0.669. The molecule has 0 unspecified atom stereocenters. The topological polar surface area (TPSA) is 53.5 Å². The molecule has 3 rings (SSSR count). The van der Waals surface area contributed by atoms with Crippen LogP contribution in [0.2, 0.25) is 0 Å². The molecule has 3 aromatic heterocycles. The van der Waals surface area contributed by atoms with Crippen LogP contribution in [0, 0.1) is 0 Å². The molecule has 17 heavy (non-hydrogen) atoms. The fourth-order valence-corrected chi connectivity index (χ4v) is 1.62. The standard InChI is InChI=1S/C9H9BN6.K.H/c1-4-11-14(7-1)10(15-8-2-5-12-15)16-9-3-6-13-16;;/h1-9H;;. The Morgan fingerprint density at radius 1 is 0.647 bits per heavy atom. The van der Waals surface area contributed by atoms with E-state index in [0.717, 1.165) is 0 Å². The van der Waals surface area contributed by atoms with Crippen molar-refractivity contribution in [1.29, 1.82) is 0 Å². The van der Waals surface area contributed by atoms with E-state index in [2.05, 4.69) is 15.3 Å². The molecule has 80 valence electrons. The summed E-state index contributed by atoms with van der Waals surface area (Å²) in [6.45, 7) is 0. The number of aromatic nitrogens is 6. The van der Waals surface area contributed by atoms with E-state index in [1.807, 2.05) is 36.8 Å². The van der Waals surface area contributed by atoms with Gasteiger partial charge in [0.15, 0.2) is 0 Å². The maximum Gasteiger partial charge on any atom is 0.568 e. The molecule has 0 fully saturated rings. The maximum atomic E-state index is 4.22. The third-order valence-electron chi connectivity index (χ3n) is 2.28. The second-order valence-electron chi connectivity index (χ2n) is 3.30. The van der Waals surface area contributed by atoms with Gasteiger partial charge in [-0.25, -0.2) is 0 Å². The van der Waals surface area contributed by atoms with Crippen molar-refractivity contribution in [3.8, 4) is 0 Å². The van der Waals surface area contributed by atoms with Gasteiger partial charge in [-0.3, -0.25) is 13.8 Å². The van der Waals surface area contributed by atoms with Crippen LogP contribution in [0.15, 0.2) is 55.4 Å². The average Bonchev–Trinajstić information content (AvgIpc) is 3.02. The van der Waals surface area contributed by atoms with Crippen LogP contribution in [0.4, 0.5) is 0 Å². The summed E-state index contributed by atoms with van der Waals surface area (Å²) in [6.07, 6.45) is 10.9. The normalized spacial score (nSPS) is 9.88. The van der Waals surface area contributed by atoms with Crippen molar-refractivity contribution < 1.29 is 0 Å². The van der Waals surface area contributed by atoms with Crippen molar-refractivity contribution >= 4 is 58.5 Å². The van der Waals surface area contributed by atoms with E-state index in [0.29, 0.717) is 0 Å². The molecule has 0 saturated heterocycles. The van der Waals surface area contributed by atoms with Crippen molar-refractivity contribution in [2.75, 3.05) is 0 Å². The second-order valence-corrected chi connectivity index (χ2v) is 3.30. The van der Waals surface area contributed by atoms with Crippen molar-refractivity contribution in [3.05, 3.63) is 55.4 Å². The first kappa shape index (κ1) is 12.8. The van der Waals surface area contributed by atoms with Gasteiger partial charge in [0.2, 0.25) is 0 Å². The van der Waals surface area contributed by atoms with Crippen LogP contribution < -0.4 is 0 Å². The number of rotatable bonds is 3. The summed E-state index contributed by atoms with van der Waals surface area (Å²) in [5, 5.41) is 12.7. The minimum absolute atomic E-state index is 0. The molecule has 0 N–H and O–H groups in total. The van der Waals surface area contributed by atoms with Crippen LogP contribution >= 0.6 is 0 Å². The summed E-state index contributed by atoms with van der Waals surface area (Å²) in [6, 6.07) is 5.62. The van der Waals surface area contributed by atoms with Gasteiger partial charge in [-0.15, -0.1) is 0 Å². The van der Waals surface area contributed by atoms with E-state index < -0.39 is 0 Å². The molecule has 6 nitrogen and oxygen atoms in total. The Morgan fingerprint density at radius 2 is 1.00 bits per heavy atom. The van der Waals surface area contributed by atoms with E-state index in [9.17, 15) is 0 Å². The van der Waals surface area contributed by atoms with E-state index in [-0.39, 0.29) is 58.5 Å². The van der Waals surface area contributed by atoms with Crippen molar-refractivity contribution in [3.63, 3.8) is 0 Å². The second kappa shape index (κ2) is 5.78. The van der Waals surface area contributed by atoms with Crippen LogP contribution in [0.5, 0.6) is 0 Å². The Bertz CT molecular complexity index is 451. The van der Waals surface area contributed by atoms with Gasteiger partial charge in [-0.2, -0.15) is 15.3 Å². The van der Waals surface area contributed by atoms with Crippen LogP contribution in [-0.4, -0.2) is 87.6 Å². The third kappa shape index (κ3) is 2.61. The molecule has 3 aromatic rings. The molecule has 8 heteroatoms. The molecule has 0 aliphatic carbocycles. The smallest absolute Gasteiger partial charge is 0.269 e. The van der Waals surface area contributed by atoms with E-state index in [1.54, 1.807) is 32.4 Å². The van der Waals surface area contributed by atoms with Crippen LogP contribution in [0.1, 0.15) is 0 Å². The SMILES string of the molecule is [KH].c1cnn(B(n2cccn2)n2cccn2)c1. The zero-order valence-corrected chi connectivity index (χ0v) is 8.46. The van der Waals surface area contributed by atoms with Gasteiger partial charge in [0.25, 0.3) is 0 Å². The number of hydrogen-bond donors (Lipinski definition) is 0. The number of hydrogen-bond acceptors (Lipinski definition) is 3. The molecule has 0 aliphatic heterocycles. The predicted molar refractivity (Wildman–Crippen MR) is 65.8 cm³/mol. The first-order valence-electron chi connectivity index (χ1n) is 4.92. The maximum absolute atomic E-state index is 4.22. The fraction of sp³-hybridized carbons (Fsp3) is 0. The van der Waals surface area contributed by atoms with Gasteiger partial charge in [-0.1, -0.05) is 0 Å². The summed E-state index contributed by atoms with van der Waals surface area (Å²) < 4.78 is 5.38. The zero-order chi connectivity index (χ0) is 10.8. The molecule has 3 heterocycles. The van der Waals surface area contributed by atoms with Gasteiger partial charge in [0.1, 0.15) is 0 Å². The van der Waals surface area contributed by atoms with Crippen LogP contribution in [0.3, 0.4) is 0 Å². The molecule has 0 bridgehead atoms. The first-order valence-corrected chi connectivity index (χ1v) is 4.92. The molecule has 0 radical (unpaired) electrons. The Morgan fingerprint density at radius 3 is 1.24 bits per heavy atom. The van der Waals surface area contributed by atoms with Gasteiger partial charge >= 0.3 is 58.5 Å². The summed E-state index contributed by atoms with van der Waals surface area (Å²) in [5.74, 6) is 0. The molecule has 0 atom stereocenters. The Balaban J connectivity index is 0.00000108. The quantitative estimate of drug-likeness (QED) is 0.594. The number of nitrogens with zero attached hydrogens (tertiary/aromatic N) is 6. The van der Waals surface area contributed by atoms with Gasteiger partial charge in [0.05, 0.1) is 0 Å². The summed E-state index contributed by atoms with van der Waals surface area (Å²) in [5.41, 5.74) is 0. The van der Waals surface area contributed by atoms with E-state index in [1.165, 1.54) is 0 Å². The molecule has 0 amide bonds. The summed E-state index contributed by atoms with van der Waals surface area (Å²) >= 11 is 0. The van der Waals surface area contributed by atoms with Gasteiger partial charge in [-0.05, 0) is 18.2 Å². The van der Waals surface area contributed by atoms with Crippen molar-refractivity contribution in [2.24, 2.45) is 0 Å². The van der Waals surface area contributed by atoms with Gasteiger partial charge < -0.3 is 0 Å². The molecular weight excluding hydrogens is 242 g/mol. The molecule has 0 saturated carbocycles. The van der Waals surface area contributed by atoms with Crippen molar-refractivity contribution in [1.82, 2.24) is 29.1 Å². The molecular formula is C9H10BKN6. The first-order chi connectivity index (χ1) is 7.95. The summed E-state index contributed by atoms with van der Waals surface area (Å²) in [7, 11) is -0.194. The third-order valence-corrected chi connectivity index (χ3v) is 2.28. The predicted octanol–water partition coefficient (Wildman–Crippen LogP) is -0.443. The van der Waals surface area contributed by atoms with Crippen LogP contribution in [0.25, 0.3) is 0 Å².